The highest BCUT2D eigenvalue weighted by Gasteiger charge is 2.32. The summed E-state index contributed by atoms with van der Waals surface area (Å²) >= 11 is 0. The second kappa shape index (κ2) is 12.3. The third-order valence-electron chi connectivity index (χ3n) is 7.91. The summed E-state index contributed by atoms with van der Waals surface area (Å²) in [6, 6.07) is 16.3. The molecule has 0 spiro atoms. The molecule has 0 radical (unpaired) electrons. The summed E-state index contributed by atoms with van der Waals surface area (Å²) in [5.41, 5.74) is 1.85. The zero-order valence-electron chi connectivity index (χ0n) is 23.6. The molecule has 0 aliphatic carbocycles. The number of allylic oxidation sites excluding steroid dienone is 1. The molecule has 1 amide bonds. The lowest BCUT2D eigenvalue weighted by Gasteiger charge is -2.23. The van der Waals surface area contributed by atoms with Gasteiger partial charge in [0.2, 0.25) is 11.8 Å². The Labute approximate surface area is 250 Å². The number of nitrogens with zero attached hydrogens (tertiary/aromatic N) is 4. The molecule has 8 nitrogen and oxygen atoms in total. The Balaban J connectivity index is 1.44. The molecule has 2 aliphatic heterocycles. The highest BCUT2D eigenvalue weighted by atomic mass is 19.4. The number of hydrogen-bond acceptors (Lipinski definition) is 5. The highest BCUT2D eigenvalue weighted by molar-refractivity contribution is 6.00. The fourth-order valence-electron chi connectivity index (χ4n) is 5.85. The van der Waals surface area contributed by atoms with Gasteiger partial charge in [0.25, 0.3) is 0 Å². The lowest BCUT2D eigenvalue weighted by Crippen LogP contribution is -2.29. The largest absolute Gasteiger partial charge is 0.472 e. The normalized spacial score (nSPS) is 19.7. The van der Waals surface area contributed by atoms with Crippen LogP contribution < -0.4 is 4.74 Å². The van der Waals surface area contributed by atoms with Crippen LogP contribution in [0.25, 0.3) is 22.0 Å². The molecule has 0 saturated carbocycles. The van der Waals surface area contributed by atoms with Crippen molar-refractivity contribution in [1.29, 1.82) is 0 Å². The van der Waals surface area contributed by atoms with Gasteiger partial charge in [-0.05, 0) is 59.7 Å². The Hall–Kier alpha value is -4.45. The van der Waals surface area contributed by atoms with Gasteiger partial charge in [0.1, 0.15) is 6.10 Å². The second-order valence-electron chi connectivity index (χ2n) is 10.9. The molecule has 2 atom stereocenters. The number of amides is 1. The van der Waals surface area contributed by atoms with Crippen molar-refractivity contribution in [2.75, 3.05) is 19.7 Å². The van der Waals surface area contributed by atoms with E-state index in [4.69, 9.17) is 9.47 Å². The Kier molecular flexibility index (Phi) is 8.26. The van der Waals surface area contributed by atoms with Gasteiger partial charge in [0.05, 0.1) is 23.9 Å². The first-order valence-electron chi connectivity index (χ1n) is 14.4. The number of halogens is 4. The van der Waals surface area contributed by atoms with E-state index in [1.165, 1.54) is 21.8 Å². The molecule has 6 rings (SSSR count). The van der Waals surface area contributed by atoms with E-state index >= 15 is 4.39 Å². The minimum absolute atomic E-state index is 0.00391. The summed E-state index contributed by atoms with van der Waals surface area (Å²) in [6.07, 6.45) is -3.17. The zero-order valence-corrected chi connectivity index (χ0v) is 23.6. The zero-order chi connectivity index (χ0) is 30.8. The molecule has 2 fully saturated rings. The Morgan fingerprint density at radius 1 is 1.02 bits per heavy atom. The van der Waals surface area contributed by atoms with E-state index in [0.29, 0.717) is 48.2 Å². The van der Waals surface area contributed by atoms with Crippen LogP contribution in [0.5, 0.6) is 5.88 Å². The molecule has 4 aromatic rings. The Bertz CT molecular complexity index is 1670. The Morgan fingerprint density at radius 2 is 1.82 bits per heavy atom. The van der Waals surface area contributed by atoms with Crippen molar-refractivity contribution in [2.45, 2.75) is 50.6 Å². The van der Waals surface area contributed by atoms with E-state index in [0.717, 1.165) is 12.8 Å². The number of ether oxygens (including phenoxy) is 2. The maximum atomic E-state index is 15.3. The van der Waals surface area contributed by atoms with Crippen LogP contribution in [0.2, 0.25) is 0 Å². The topological polar surface area (TPSA) is 89.7 Å². The number of carboxylic acid groups (broad SMARTS) is 1. The van der Waals surface area contributed by atoms with Crippen LogP contribution in [0.3, 0.4) is 0 Å². The van der Waals surface area contributed by atoms with Gasteiger partial charge in [-0.2, -0.15) is 17.6 Å². The van der Waals surface area contributed by atoms with Crippen molar-refractivity contribution in [3.63, 3.8) is 0 Å². The molecular formula is C32H30F4N4O4. The van der Waals surface area contributed by atoms with Crippen LogP contribution >= 0.6 is 0 Å². The van der Waals surface area contributed by atoms with Crippen LogP contribution in [0.4, 0.5) is 22.4 Å². The molecular weight excluding hydrogens is 580 g/mol. The average molecular weight is 611 g/mol. The smallest absolute Gasteiger partial charge is 0.407 e. The van der Waals surface area contributed by atoms with Gasteiger partial charge in [-0.25, -0.2) is 14.5 Å². The predicted molar refractivity (Wildman–Crippen MR) is 154 cm³/mol. The van der Waals surface area contributed by atoms with Crippen molar-refractivity contribution in [3.05, 3.63) is 89.5 Å². The van der Waals surface area contributed by atoms with E-state index in [9.17, 15) is 23.1 Å². The number of aromatic nitrogens is 3. The molecule has 4 heterocycles. The summed E-state index contributed by atoms with van der Waals surface area (Å²) in [6.45, 7) is 1.08. The summed E-state index contributed by atoms with van der Waals surface area (Å²) in [5.74, 6) is -0.515. The lowest BCUT2D eigenvalue weighted by atomic mass is 9.88. The SMILES string of the molecule is O=C(O)N1CC[C@@H](Oc2ccc(/C(=C(/CC(F)(F)F)c3ccccc3)c3ccc4c(c3)c(F)nn4C3CCCCO3)cn2)C1. The first kappa shape index (κ1) is 29.6. The van der Waals surface area contributed by atoms with Gasteiger partial charge >= 0.3 is 12.3 Å². The summed E-state index contributed by atoms with van der Waals surface area (Å²) < 4.78 is 70.7. The maximum Gasteiger partial charge on any atom is 0.407 e. The van der Waals surface area contributed by atoms with Crippen molar-refractivity contribution in [2.24, 2.45) is 0 Å². The number of hydrogen-bond donors (Lipinski definition) is 1. The van der Waals surface area contributed by atoms with Crippen LogP contribution in [0.1, 0.15) is 55.0 Å². The molecule has 12 heteroatoms. The number of alkyl halides is 3. The number of rotatable bonds is 7. The molecule has 1 N–H and O–H groups in total. The summed E-state index contributed by atoms with van der Waals surface area (Å²) in [4.78, 5) is 16.9. The van der Waals surface area contributed by atoms with Gasteiger partial charge in [-0.3, -0.25) is 0 Å². The lowest BCUT2D eigenvalue weighted by molar-refractivity contribution is -0.122. The van der Waals surface area contributed by atoms with Crippen molar-refractivity contribution in [3.8, 4) is 5.88 Å². The van der Waals surface area contributed by atoms with Crippen LogP contribution in [0, 0.1) is 5.95 Å². The van der Waals surface area contributed by atoms with E-state index in [1.54, 1.807) is 54.6 Å². The third-order valence-corrected chi connectivity index (χ3v) is 7.91. The third kappa shape index (κ3) is 6.40. The molecule has 2 saturated heterocycles. The molecule has 1 unspecified atom stereocenters. The second-order valence-corrected chi connectivity index (χ2v) is 10.9. The molecule has 44 heavy (non-hydrogen) atoms. The van der Waals surface area contributed by atoms with Crippen LogP contribution in [-0.4, -0.2) is 62.8 Å². The highest BCUT2D eigenvalue weighted by Crippen LogP contribution is 2.40. The van der Waals surface area contributed by atoms with Crippen LogP contribution in [-0.2, 0) is 4.74 Å². The standard InChI is InChI=1S/C32H30F4N4O4/c33-30-24-16-21(9-11-26(24)40(38-30)28-8-4-5-15-43-28)29(25(17-32(34,35)36)20-6-2-1-3-7-20)22-10-12-27(37-18-22)44-23-13-14-39(19-23)31(41)42/h1-3,6-7,9-12,16,18,23,28H,4-5,8,13-15,17,19H2,(H,41,42)/b29-25-/t23-,28?/m1/s1. The fraction of sp³-hybridized carbons (Fsp3) is 0.344. The number of pyridine rings is 1. The predicted octanol–water partition coefficient (Wildman–Crippen LogP) is 7.31. The minimum Gasteiger partial charge on any atom is -0.472 e. The quantitative estimate of drug-likeness (QED) is 0.174. The number of fused-ring (bicyclic) bond motifs is 1. The number of likely N-dealkylation sites (tertiary alicyclic amines) is 1. The summed E-state index contributed by atoms with van der Waals surface area (Å²) in [7, 11) is 0. The fourth-order valence-corrected chi connectivity index (χ4v) is 5.85. The first-order chi connectivity index (χ1) is 21.2. The van der Waals surface area contributed by atoms with Gasteiger partial charge in [-0.15, -0.1) is 5.10 Å². The minimum atomic E-state index is -4.54. The van der Waals surface area contributed by atoms with E-state index in [2.05, 4.69) is 10.1 Å². The van der Waals surface area contributed by atoms with Crippen LogP contribution in [0.15, 0.2) is 66.9 Å². The van der Waals surface area contributed by atoms with Crippen molar-refractivity contribution in [1.82, 2.24) is 19.7 Å². The van der Waals surface area contributed by atoms with Gasteiger partial charge in [0, 0.05) is 37.4 Å². The molecule has 0 bridgehead atoms. The molecule has 2 aromatic heterocycles. The maximum absolute atomic E-state index is 15.3. The van der Waals surface area contributed by atoms with Gasteiger partial charge in [0.15, 0.2) is 6.23 Å². The average Bonchev–Trinajstić information content (AvgIpc) is 3.62. The molecule has 230 valence electrons. The van der Waals surface area contributed by atoms with Crippen molar-refractivity contribution >= 4 is 28.1 Å². The van der Waals surface area contributed by atoms with Gasteiger partial charge in [-0.1, -0.05) is 36.4 Å². The Morgan fingerprint density at radius 3 is 2.48 bits per heavy atom. The van der Waals surface area contributed by atoms with Crippen molar-refractivity contribution < 1.29 is 36.9 Å². The van der Waals surface area contributed by atoms with Gasteiger partial charge < -0.3 is 19.5 Å². The van der Waals surface area contributed by atoms with E-state index < -0.39 is 30.9 Å². The monoisotopic (exact) mass is 610 g/mol. The van der Waals surface area contributed by atoms with E-state index in [-0.39, 0.29) is 35.1 Å². The summed E-state index contributed by atoms with van der Waals surface area (Å²) in [5, 5.41) is 13.5. The number of benzene rings is 2. The van der Waals surface area contributed by atoms with E-state index in [1.807, 2.05) is 0 Å². The molecule has 2 aliphatic rings. The first-order valence-corrected chi connectivity index (χ1v) is 14.4. The molecule has 2 aromatic carbocycles. The number of carbonyl (C=O) groups is 1.